The smallest absolute Gasteiger partial charge is 0.225 e. The fraction of sp³-hybridized carbons (Fsp3) is 0. The standard InChI is InChI=1S/C13H8IN3/c14-17-12-8-4-3-7-11(12)16-10-6-2-1-5-9(10)15-13(16)17/h1-8H. The number of para-hydroxylation sites is 4. The summed E-state index contributed by atoms with van der Waals surface area (Å²) in [6.07, 6.45) is 0. The summed E-state index contributed by atoms with van der Waals surface area (Å²) in [5, 5.41) is 0. The highest BCUT2D eigenvalue weighted by atomic mass is 127. The molecule has 0 aliphatic rings. The Balaban J connectivity index is 2.41. The number of benzene rings is 2. The van der Waals surface area contributed by atoms with E-state index >= 15 is 0 Å². The summed E-state index contributed by atoms with van der Waals surface area (Å²) >= 11 is 2.30. The molecule has 2 aromatic carbocycles. The van der Waals surface area contributed by atoms with Gasteiger partial charge < -0.3 is 0 Å². The molecule has 0 amide bonds. The lowest BCUT2D eigenvalue weighted by atomic mass is 10.3. The summed E-state index contributed by atoms with van der Waals surface area (Å²) in [5.74, 6) is 0.980. The third-order valence-electron chi connectivity index (χ3n) is 3.05. The minimum Gasteiger partial charge on any atom is -0.276 e. The van der Waals surface area contributed by atoms with Crippen LogP contribution < -0.4 is 0 Å². The van der Waals surface area contributed by atoms with Crippen molar-refractivity contribution in [1.29, 1.82) is 0 Å². The number of imidazole rings is 2. The van der Waals surface area contributed by atoms with Gasteiger partial charge in [0.05, 0.1) is 44.9 Å². The average Bonchev–Trinajstić information content (AvgIpc) is 2.88. The van der Waals surface area contributed by atoms with Crippen LogP contribution in [0, 0.1) is 0 Å². The quantitative estimate of drug-likeness (QED) is 0.451. The minimum absolute atomic E-state index is 0.980. The number of nitrogens with zero attached hydrogens (tertiary/aromatic N) is 3. The third-order valence-corrected chi connectivity index (χ3v) is 4.00. The van der Waals surface area contributed by atoms with Crippen molar-refractivity contribution in [3.8, 4) is 0 Å². The lowest BCUT2D eigenvalue weighted by Crippen LogP contribution is -1.79. The van der Waals surface area contributed by atoms with Crippen molar-refractivity contribution in [1.82, 2.24) is 12.2 Å². The molecule has 0 spiro atoms. The highest BCUT2D eigenvalue weighted by Gasteiger charge is 2.13. The first kappa shape index (κ1) is 9.47. The van der Waals surface area contributed by atoms with Crippen LogP contribution in [-0.4, -0.2) is 12.2 Å². The maximum atomic E-state index is 4.67. The Kier molecular flexibility index (Phi) is 1.80. The molecule has 0 fully saturated rings. The highest BCUT2D eigenvalue weighted by molar-refractivity contribution is 14.1. The number of hydrogen-bond acceptors (Lipinski definition) is 1. The maximum absolute atomic E-state index is 4.67. The van der Waals surface area contributed by atoms with Crippen LogP contribution >= 0.6 is 22.9 Å². The first-order valence-corrected chi connectivity index (χ1v) is 6.35. The molecule has 2 heterocycles. The van der Waals surface area contributed by atoms with Crippen molar-refractivity contribution in [2.45, 2.75) is 0 Å². The molecule has 0 bridgehead atoms. The van der Waals surface area contributed by atoms with Gasteiger partial charge in [0.25, 0.3) is 0 Å². The van der Waals surface area contributed by atoms with Crippen molar-refractivity contribution in [2.75, 3.05) is 0 Å². The van der Waals surface area contributed by atoms with E-state index in [0.717, 1.165) is 16.8 Å². The van der Waals surface area contributed by atoms with Crippen LogP contribution in [0.4, 0.5) is 0 Å². The van der Waals surface area contributed by atoms with Gasteiger partial charge in [0.2, 0.25) is 5.78 Å². The molecule has 4 rings (SSSR count). The molecule has 17 heavy (non-hydrogen) atoms. The molecule has 0 saturated carbocycles. The molecule has 0 radical (unpaired) electrons. The van der Waals surface area contributed by atoms with E-state index in [0.29, 0.717) is 0 Å². The van der Waals surface area contributed by atoms with Crippen molar-refractivity contribution in [3.63, 3.8) is 0 Å². The molecule has 0 aliphatic heterocycles. The van der Waals surface area contributed by atoms with Crippen molar-refractivity contribution < 1.29 is 0 Å². The zero-order valence-electron chi connectivity index (χ0n) is 8.84. The first-order valence-electron chi connectivity index (χ1n) is 5.39. The van der Waals surface area contributed by atoms with Crippen LogP contribution in [0.3, 0.4) is 0 Å². The van der Waals surface area contributed by atoms with Gasteiger partial charge in [0.15, 0.2) is 0 Å². The fourth-order valence-corrected chi connectivity index (χ4v) is 3.04. The fourth-order valence-electron chi connectivity index (χ4n) is 2.31. The van der Waals surface area contributed by atoms with Crippen LogP contribution in [0.5, 0.6) is 0 Å². The van der Waals surface area contributed by atoms with Crippen LogP contribution in [0.2, 0.25) is 0 Å². The predicted octanol–water partition coefficient (Wildman–Crippen LogP) is 3.64. The van der Waals surface area contributed by atoms with E-state index in [4.69, 9.17) is 0 Å². The lowest BCUT2D eigenvalue weighted by Gasteiger charge is -1.93. The summed E-state index contributed by atoms with van der Waals surface area (Å²) in [6.45, 7) is 0. The molecule has 0 saturated heterocycles. The molecular weight excluding hydrogens is 325 g/mol. The molecule has 0 unspecified atom stereocenters. The Morgan fingerprint density at radius 1 is 0.824 bits per heavy atom. The van der Waals surface area contributed by atoms with Crippen LogP contribution in [0.15, 0.2) is 48.5 Å². The highest BCUT2D eigenvalue weighted by Crippen LogP contribution is 2.27. The molecule has 4 heteroatoms. The largest absolute Gasteiger partial charge is 0.276 e. The number of aromatic nitrogens is 3. The number of rotatable bonds is 0. The van der Waals surface area contributed by atoms with E-state index < -0.39 is 0 Å². The van der Waals surface area contributed by atoms with E-state index in [1.54, 1.807) is 0 Å². The van der Waals surface area contributed by atoms with E-state index in [1.165, 1.54) is 11.0 Å². The van der Waals surface area contributed by atoms with Gasteiger partial charge in [-0.05, 0) is 24.3 Å². The summed E-state index contributed by atoms with van der Waals surface area (Å²) < 4.78 is 4.31. The van der Waals surface area contributed by atoms with E-state index in [1.807, 2.05) is 12.1 Å². The first-order chi connectivity index (χ1) is 8.36. The lowest BCUT2D eigenvalue weighted by molar-refractivity contribution is 1.26. The van der Waals surface area contributed by atoms with Crippen molar-refractivity contribution in [3.05, 3.63) is 48.5 Å². The molecule has 3 nitrogen and oxygen atoms in total. The zero-order valence-corrected chi connectivity index (χ0v) is 11.0. The molecular formula is C13H8IN3. The second-order valence-electron chi connectivity index (χ2n) is 4.01. The van der Waals surface area contributed by atoms with Gasteiger partial charge in [-0.15, -0.1) is 0 Å². The zero-order chi connectivity index (χ0) is 11.4. The van der Waals surface area contributed by atoms with Crippen LogP contribution in [0.25, 0.3) is 27.8 Å². The number of hydrogen-bond donors (Lipinski definition) is 0. The number of fused-ring (bicyclic) bond motifs is 5. The molecule has 4 aromatic rings. The summed E-state index contributed by atoms with van der Waals surface area (Å²) in [5.41, 5.74) is 4.60. The third kappa shape index (κ3) is 1.13. The topological polar surface area (TPSA) is 22.2 Å². The monoisotopic (exact) mass is 333 g/mol. The Morgan fingerprint density at radius 2 is 1.47 bits per heavy atom. The Labute approximate surface area is 111 Å². The Hall–Kier alpha value is -1.56. The summed E-state index contributed by atoms with van der Waals surface area (Å²) in [7, 11) is 0. The maximum Gasteiger partial charge on any atom is 0.225 e. The average molecular weight is 333 g/mol. The van der Waals surface area contributed by atoms with Crippen molar-refractivity contribution in [2.24, 2.45) is 0 Å². The van der Waals surface area contributed by atoms with Gasteiger partial charge >= 0.3 is 0 Å². The predicted molar refractivity (Wildman–Crippen MR) is 77.6 cm³/mol. The van der Waals surface area contributed by atoms with Crippen molar-refractivity contribution >= 4 is 50.7 Å². The van der Waals surface area contributed by atoms with Gasteiger partial charge in [-0.2, -0.15) is 0 Å². The Bertz CT molecular complexity index is 857. The SMILES string of the molecule is In1c2ccccc2n2c3ccccc3nc12. The molecule has 2 aromatic heterocycles. The summed E-state index contributed by atoms with van der Waals surface area (Å²) in [6, 6.07) is 16.6. The van der Waals surface area contributed by atoms with Gasteiger partial charge in [0.1, 0.15) is 0 Å². The van der Waals surface area contributed by atoms with Gasteiger partial charge in [-0.25, -0.2) is 7.76 Å². The van der Waals surface area contributed by atoms with E-state index in [9.17, 15) is 0 Å². The van der Waals surface area contributed by atoms with E-state index in [2.05, 4.69) is 71.4 Å². The molecule has 0 atom stereocenters. The Morgan fingerprint density at radius 3 is 2.29 bits per heavy atom. The summed E-state index contributed by atoms with van der Waals surface area (Å²) in [4.78, 5) is 4.67. The minimum atomic E-state index is 0.980. The van der Waals surface area contributed by atoms with E-state index in [-0.39, 0.29) is 0 Å². The second kappa shape index (κ2) is 3.22. The van der Waals surface area contributed by atoms with Crippen LogP contribution in [-0.2, 0) is 0 Å². The van der Waals surface area contributed by atoms with Gasteiger partial charge in [0, 0.05) is 0 Å². The van der Waals surface area contributed by atoms with Gasteiger partial charge in [-0.1, -0.05) is 24.3 Å². The van der Waals surface area contributed by atoms with Gasteiger partial charge in [-0.3, -0.25) is 4.40 Å². The second-order valence-corrected chi connectivity index (χ2v) is 4.97. The molecule has 82 valence electrons. The normalized spacial score (nSPS) is 11.8. The molecule has 0 aliphatic carbocycles. The number of halogens is 1. The molecule has 0 N–H and O–H groups in total. The van der Waals surface area contributed by atoms with Crippen LogP contribution in [0.1, 0.15) is 0 Å².